The van der Waals surface area contributed by atoms with Gasteiger partial charge in [0.05, 0.1) is 30.8 Å². The van der Waals surface area contributed by atoms with Crippen molar-refractivity contribution in [3.8, 4) is 17.2 Å². The predicted octanol–water partition coefficient (Wildman–Crippen LogP) is 3.97. The molecule has 0 aliphatic heterocycles. The highest BCUT2D eigenvalue weighted by Gasteiger charge is 2.22. The van der Waals surface area contributed by atoms with Crippen LogP contribution in [0.5, 0.6) is 17.2 Å². The Morgan fingerprint density at radius 3 is 2.55 bits per heavy atom. The molecule has 29 heavy (non-hydrogen) atoms. The van der Waals surface area contributed by atoms with Gasteiger partial charge in [0.1, 0.15) is 12.4 Å². The van der Waals surface area contributed by atoms with E-state index in [1.165, 1.54) is 20.3 Å². The van der Waals surface area contributed by atoms with Crippen molar-refractivity contribution in [1.29, 1.82) is 0 Å². The van der Waals surface area contributed by atoms with Crippen molar-refractivity contribution < 1.29 is 37.4 Å². The molecule has 154 valence electrons. The van der Waals surface area contributed by atoms with Gasteiger partial charge in [-0.05, 0) is 29.8 Å². The van der Waals surface area contributed by atoms with Crippen LogP contribution in [0.15, 0.2) is 42.5 Å². The zero-order chi connectivity index (χ0) is 21.4. The quantitative estimate of drug-likeness (QED) is 0.268. The van der Waals surface area contributed by atoms with E-state index in [-0.39, 0.29) is 11.3 Å². The Kier molecular flexibility index (Phi) is 7.47. The fourth-order valence-electron chi connectivity index (χ4n) is 2.33. The molecule has 0 N–H and O–H groups in total. The Morgan fingerprint density at radius 1 is 1.17 bits per heavy atom. The Balaban J connectivity index is 2.14. The van der Waals surface area contributed by atoms with E-state index < -0.39 is 35.5 Å². The molecule has 0 aromatic heterocycles. The first-order valence-electron chi connectivity index (χ1n) is 8.13. The number of carbonyl (C=O) groups excluding carboxylic acids is 1. The van der Waals surface area contributed by atoms with Crippen LogP contribution in [0, 0.1) is 10.1 Å². The minimum atomic E-state index is -3.19. The first-order chi connectivity index (χ1) is 13.8. The number of hydrogen-bond acceptors (Lipinski definition) is 7. The summed E-state index contributed by atoms with van der Waals surface area (Å²) >= 11 is 0. The number of esters is 1. The summed E-state index contributed by atoms with van der Waals surface area (Å²) in [7, 11) is 2.70. The largest absolute Gasteiger partial charge is 0.497 e. The van der Waals surface area contributed by atoms with E-state index in [0.717, 1.165) is 18.2 Å². The average molecular weight is 409 g/mol. The minimum absolute atomic E-state index is 0.0448. The van der Waals surface area contributed by atoms with Gasteiger partial charge in [-0.2, -0.15) is 8.78 Å². The van der Waals surface area contributed by atoms with Crippen molar-refractivity contribution >= 4 is 17.7 Å². The maximum atomic E-state index is 12.5. The first kappa shape index (κ1) is 21.6. The SMILES string of the molecule is COc1cccc(/C=C/C(=O)OCc2cc(OC)c(OC(F)F)cc2[N+](=O)[O-])c1. The monoisotopic (exact) mass is 409 g/mol. The second-order valence-corrected chi connectivity index (χ2v) is 5.49. The summed E-state index contributed by atoms with van der Waals surface area (Å²) in [6.07, 6.45) is 2.63. The van der Waals surface area contributed by atoms with Crippen molar-refractivity contribution in [2.24, 2.45) is 0 Å². The second kappa shape index (κ2) is 10.0. The number of hydrogen-bond donors (Lipinski definition) is 0. The normalized spacial score (nSPS) is 10.8. The van der Waals surface area contributed by atoms with Crippen molar-refractivity contribution in [3.63, 3.8) is 0 Å². The zero-order valence-electron chi connectivity index (χ0n) is 15.5. The fraction of sp³-hybridized carbons (Fsp3) is 0.211. The number of halogens is 2. The van der Waals surface area contributed by atoms with E-state index in [1.807, 2.05) is 0 Å². The Hall–Kier alpha value is -3.69. The molecule has 0 radical (unpaired) electrons. The lowest BCUT2D eigenvalue weighted by atomic mass is 10.1. The summed E-state index contributed by atoms with van der Waals surface area (Å²) in [5.41, 5.74) is 0.0880. The van der Waals surface area contributed by atoms with Crippen LogP contribution in [0.3, 0.4) is 0 Å². The third-order valence-corrected chi connectivity index (χ3v) is 3.65. The third-order valence-electron chi connectivity index (χ3n) is 3.65. The number of carbonyl (C=O) groups is 1. The molecule has 8 nitrogen and oxygen atoms in total. The summed E-state index contributed by atoms with van der Waals surface area (Å²) < 4.78 is 44.1. The van der Waals surface area contributed by atoms with E-state index in [0.29, 0.717) is 11.3 Å². The van der Waals surface area contributed by atoms with E-state index in [9.17, 15) is 23.7 Å². The lowest BCUT2D eigenvalue weighted by Gasteiger charge is -2.12. The maximum absolute atomic E-state index is 12.5. The highest BCUT2D eigenvalue weighted by molar-refractivity contribution is 5.87. The van der Waals surface area contributed by atoms with Gasteiger partial charge in [0.15, 0.2) is 11.5 Å². The molecule has 2 aromatic carbocycles. The number of methoxy groups -OCH3 is 2. The number of nitro benzene ring substituents is 1. The third kappa shape index (κ3) is 6.16. The van der Waals surface area contributed by atoms with Gasteiger partial charge in [0.2, 0.25) is 0 Å². The molecule has 10 heteroatoms. The van der Waals surface area contributed by atoms with Crippen LogP contribution in [0.2, 0.25) is 0 Å². The van der Waals surface area contributed by atoms with Crippen molar-refractivity contribution in [2.45, 2.75) is 13.2 Å². The average Bonchev–Trinajstić information content (AvgIpc) is 2.70. The molecule has 0 atom stereocenters. The van der Waals surface area contributed by atoms with Gasteiger partial charge in [-0.15, -0.1) is 0 Å². The summed E-state index contributed by atoms with van der Waals surface area (Å²) in [5, 5.41) is 11.2. The highest BCUT2D eigenvalue weighted by Crippen LogP contribution is 2.36. The van der Waals surface area contributed by atoms with E-state index >= 15 is 0 Å². The van der Waals surface area contributed by atoms with E-state index in [2.05, 4.69) is 4.74 Å². The van der Waals surface area contributed by atoms with Gasteiger partial charge in [0, 0.05) is 6.08 Å². The van der Waals surface area contributed by atoms with Crippen LogP contribution in [-0.4, -0.2) is 31.7 Å². The number of nitro groups is 1. The predicted molar refractivity (Wildman–Crippen MR) is 98.1 cm³/mol. The second-order valence-electron chi connectivity index (χ2n) is 5.49. The van der Waals surface area contributed by atoms with Crippen LogP contribution < -0.4 is 14.2 Å². The molecule has 0 amide bonds. The summed E-state index contributed by atoms with van der Waals surface area (Å²) in [5.74, 6) is -0.806. The molecule has 0 aliphatic carbocycles. The van der Waals surface area contributed by atoms with Crippen molar-refractivity contribution in [3.05, 3.63) is 63.7 Å². The maximum Gasteiger partial charge on any atom is 0.387 e. The summed E-state index contributed by atoms with van der Waals surface area (Å²) in [6, 6.07) is 8.81. The number of ether oxygens (including phenoxy) is 4. The minimum Gasteiger partial charge on any atom is -0.497 e. The number of alkyl halides is 2. The molecule has 0 bridgehead atoms. The zero-order valence-corrected chi connectivity index (χ0v) is 15.5. The van der Waals surface area contributed by atoms with Crippen LogP contribution >= 0.6 is 0 Å². The molecule has 2 rings (SSSR count). The Bertz CT molecular complexity index is 915. The molecule has 0 heterocycles. The van der Waals surface area contributed by atoms with Gasteiger partial charge in [-0.1, -0.05) is 12.1 Å². The smallest absolute Gasteiger partial charge is 0.387 e. The molecular weight excluding hydrogens is 392 g/mol. The summed E-state index contributed by atoms with van der Waals surface area (Å²) in [4.78, 5) is 22.4. The molecular formula is C19H17F2NO7. The van der Waals surface area contributed by atoms with Crippen LogP contribution in [0.4, 0.5) is 14.5 Å². The van der Waals surface area contributed by atoms with Gasteiger partial charge in [0.25, 0.3) is 5.69 Å². The van der Waals surface area contributed by atoms with Gasteiger partial charge >= 0.3 is 12.6 Å². The van der Waals surface area contributed by atoms with E-state index in [1.54, 1.807) is 24.3 Å². The number of benzene rings is 2. The van der Waals surface area contributed by atoms with Crippen LogP contribution in [0.25, 0.3) is 6.08 Å². The van der Waals surface area contributed by atoms with Crippen molar-refractivity contribution in [1.82, 2.24) is 0 Å². The molecule has 2 aromatic rings. The molecule has 0 aliphatic rings. The Labute approximate surface area is 164 Å². The highest BCUT2D eigenvalue weighted by atomic mass is 19.3. The molecule has 0 spiro atoms. The topological polar surface area (TPSA) is 97.1 Å². The molecule has 0 fully saturated rings. The number of nitrogens with zero attached hydrogens (tertiary/aromatic N) is 1. The van der Waals surface area contributed by atoms with Gasteiger partial charge in [-0.3, -0.25) is 10.1 Å². The van der Waals surface area contributed by atoms with Gasteiger partial charge in [-0.25, -0.2) is 4.79 Å². The summed E-state index contributed by atoms with van der Waals surface area (Å²) in [6.45, 7) is -3.66. The van der Waals surface area contributed by atoms with E-state index in [4.69, 9.17) is 14.2 Å². The molecule has 0 saturated heterocycles. The van der Waals surface area contributed by atoms with Crippen LogP contribution in [0.1, 0.15) is 11.1 Å². The van der Waals surface area contributed by atoms with Crippen LogP contribution in [-0.2, 0) is 16.1 Å². The molecule has 0 saturated carbocycles. The van der Waals surface area contributed by atoms with Gasteiger partial charge < -0.3 is 18.9 Å². The molecule has 0 unspecified atom stereocenters. The fourth-order valence-corrected chi connectivity index (χ4v) is 2.33. The Morgan fingerprint density at radius 2 is 1.93 bits per heavy atom. The standard InChI is InChI=1S/C19H17F2NO7/c1-26-14-5-3-4-12(8-14)6-7-18(23)28-11-13-9-16(27-2)17(29-19(20)21)10-15(13)22(24)25/h3-10,19H,11H2,1-2H3/b7-6+. The lowest BCUT2D eigenvalue weighted by Crippen LogP contribution is -2.07. The lowest BCUT2D eigenvalue weighted by molar-refractivity contribution is -0.386. The number of rotatable bonds is 9. The first-order valence-corrected chi connectivity index (χ1v) is 8.13. The van der Waals surface area contributed by atoms with Crippen molar-refractivity contribution in [2.75, 3.05) is 14.2 Å².